The van der Waals surface area contributed by atoms with Crippen LogP contribution in [-0.2, 0) is 16.2 Å². The zero-order valence-corrected chi connectivity index (χ0v) is 26.0. The SMILES string of the molecule is Cc1cccc(-c2ccn(-c3nc(N4CCOCC4)c4c(cc(C(=O)NC(C)C)n4COCC[Si-](C)(C)C)n3)n2)c1. The van der Waals surface area contributed by atoms with E-state index in [4.69, 9.17) is 24.5 Å². The van der Waals surface area contributed by atoms with Crippen molar-refractivity contribution in [1.29, 1.82) is 0 Å². The molecule has 0 unspecified atom stereocenters. The molecule has 0 radical (unpaired) electrons. The van der Waals surface area contributed by atoms with Crippen molar-refractivity contribution in [2.75, 3.05) is 37.8 Å². The van der Waals surface area contributed by atoms with Gasteiger partial charge in [0.1, 0.15) is 17.9 Å². The fourth-order valence-electron chi connectivity index (χ4n) is 4.82. The number of fused-ring (bicyclic) bond motifs is 1. The zero-order valence-electron chi connectivity index (χ0n) is 25.0. The summed E-state index contributed by atoms with van der Waals surface area (Å²) in [5.74, 6) is 1.03. The van der Waals surface area contributed by atoms with Gasteiger partial charge in [0, 0.05) is 37.5 Å². The van der Waals surface area contributed by atoms with E-state index in [9.17, 15) is 4.79 Å². The molecule has 0 atom stereocenters. The third-order valence-electron chi connectivity index (χ3n) is 7.00. The second-order valence-electron chi connectivity index (χ2n) is 12.1. The summed E-state index contributed by atoms with van der Waals surface area (Å²) >= 11 is 0. The van der Waals surface area contributed by atoms with Crippen LogP contribution in [0.1, 0.15) is 29.9 Å². The number of nitrogens with zero attached hydrogens (tertiary/aromatic N) is 6. The molecule has 1 aromatic carbocycles. The van der Waals surface area contributed by atoms with Gasteiger partial charge in [0.2, 0.25) is 0 Å². The zero-order chi connectivity index (χ0) is 29.1. The van der Waals surface area contributed by atoms with Gasteiger partial charge in [-0.25, -0.2) is 9.67 Å². The number of hydrogen-bond donors (Lipinski definition) is 1. The molecule has 1 aliphatic rings. The molecule has 1 aliphatic heterocycles. The predicted molar refractivity (Wildman–Crippen MR) is 165 cm³/mol. The summed E-state index contributed by atoms with van der Waals surface area (Å²) in [6.45, 7) is 16.4. The minimum absolute atomic E-state index is 0.00810. The summed E-state index contributed by atoms with van der Waals surface area (Å²) in [6.07, 6.45) is 1.88. The lowest BCUT2D eigenvalue weighted by atomic mass is 10.1. The lowest BCUT2D eigenvalue weighted by Crippen LogP contribution is -2.37. The topological polar surface area (TPSA) is 99.3 Å². The van der Waals surface area contributed by atoms with Crippen LogP contribution in [0.3, 0.4) is 0 Å². The normalized spacial score (nSPS) is 14.3. The van der Waals surface area contributed by atoms with E-state index in [1.54, 1.807) is 4.68 Å². The van der Waals surface area contributed by atoms with Gasteiger partial charge in [0.05, 0.1) is 24.4 Å². The number of nitrogens with one attached hydrogen (secondary N) is 1. The molecule has 4 heterocycles. The molecule has 1 N–H and O–H groups in total. The Hall–Kier alpha value is -3.54. The maximum atomic E-state index is 13.4. The highest BCUT2D eigenvalue weighted by atomic mass is 28.3. The van der Waals surface area contributed by atoms with Crippen LogP contribution in [-0.4, -0.2) is 77.2 Å². The quantitative estimate of drug-likeness (QED) is 0.213. The van der Waals surface area contributed by atoms with E-state index in [0.717, 1.165) is 28.6 Å². The summed E-state index contributed by atoms with van der Waals surface area (Å²) < 4.78 is 15.5. The second-order valence-corrected chi connectivity index (χ2v) is 17.8. The molecule has 11 heteroatoms. The molecule has 1 fully saturated rings. The average Bonchev–Trinajstić information content (AvgIpc) is 3.56. The number of aromatic nitrogens is 5. The Morgan fingerprint density at radius 1 is 1.12 bits per heavy atom. The van der Waals surface area contributed by atoms with Gasteiger partial charge in [-0.3, -0.25) is 4.79 Å². The van der Waals surface area contributed by atoms with Crippen LogP contribution in [0.25, 0.3) is 28.2 Å². The first kappa shape index (κ1) is 29.0. The van der Waals surface area contributed by atoms with E-state index in [0.29, 0.717) is 50.1 Å². The molecule has 0 spiro atoms. The Morgan fingerprint density at radius 2 is 1.90 bits per heavy atom. The minimum atomic E-state index is -1.27. The number of carbonyl (C=O) groups is 1. The van der Waals surface area contributed by atoms with Crippen molar-refractivity contribution in [3.8, 4) is 17.2 Å². The Kier molecular flexibility index (Phi) is 8.57. The lowest BCUT2D eigenvalue weighted by Gasteiger charge is -2.29. The van der Waals surface area contributed by atoms with Crippen molar-refractivity contribution in [1.82, 2.24) is 29.6 Å². The smallest absolute Gasteiger partial charge is 0.268 e. The standard InChI is InChI=1S/C30H41N7O3Si/c1-21(2)31-29(38)26-19-25-27(36(26)20-40-16-17-41(4,5)6)28(35-12-14-39-15-13-35)33-30(32-25)37-11-10-24(34-37)23-9-7-8-22(3)18-23/h7-11,18-19,21H,12-17,20H2,1-6H3,(H,31,38)/q-1. The van der Waals surface area contributed by atoms with E-state index in [1.165, 1.54) is 5.56 Å². The van der Waals surface area contributed by atoms with Gasteiger partial charge in [-0.2, -0.15) is 29.7 Å². The van der Waals surface area contributed by atoms with Gasteiger partial charge in [-0.05, 0) is 39.0 Å². The lowest BCUT2D eigenvalue weighted by molar-refractivity contribution is 0.0806. The molecule has 41 heavy (non-hydrogen) atoms. The van der Waals surface area contributed by atoms with Gasteiger partial charge < -0.3 is 24.3 Å². The van der Waals surface area contributed by atoms with Crippen LogP contribution < -0.4 is 10.2 Å². The summed E-state index contributed by atoms with van der Waals surface area (Å²) in [5.41, 5.74) is 5.01. The van der Waals surface area contributed by atoms with E-state index < -0.39 is 8.07 Å². The largest absolute Gasteiger partial charge is 0.378 e. The van der Waals surface area contributed by atoms with Crippen molar-refractivity contribution in [2.24, 2.45) is 0 Å². The predicted octanol–water partition coefficient (Wildman–Crippen LogP) is 4.88. The third-order valence-corrected chi connectivity index (χ3v) is 8.71. The third kappa shape index (κ3) is 6.86. The van der Waals surface area contributed by atoms with Gasteiger partial charge in [0.15, 0.2) is 5.82 Å². The number of rotatable bonds is 10. The van der Waals surface area contributed by atoms with Crippen LogP contribution in [0, 0.1) is 6.92 Å². The van der Waals surface area contributed by atoms with Crippen molar-refractivity contribution < 1.29 is 14.3 Å². The molecule has 3 aromatic heterocycles. The van der Waals surface area contributed by atoms with Gasteiger partial charge in [0.25, 0.3) is 11.9 Å². The highest BCUT2D eigenvalue weighted by Gasteiger charge is 2.26. The number of benzene rings is 1. The first-order valence-electron chi connectivity index (χ1n) is 14.3. The number of aryl methyl sites for hydroxylation is 1. The van der Waals surface area contributed by atoms with E-state index in [-0.39, 0.29) is 18.7 Å². The van der Waals surface area contributed by atoms with Crippen LogP contribution in [0.5, 0.6) is 0 Å². The van der Waals surface area contributed by atoms with Crippen LogP contribution in [0.4, 0.5) is 5.82 Å². The van der Waals surface area contributed by atoms with Gasteiger partial charge in [-0.1, -0.05) is 23.8 Å². The summed E-state index contributed by atoms with van der Waals surface area (Å²) in [6, 6.07) is 13.1. The van der Waals surface area contributed by atoms with Crippen molar-refractivity contribution in [2.45, 2.75) is 59.2 Å². The molecule has 5 rings (SSSR count). The molecule has 4 aromatic rings. The number of amides is 1. The van der Waals surface area contributed by atoms with Crippen LogP contribution in [0.15, 0.2) is 42.6 Å². The Bertz CT molecular complexity index is 1520. The number of ether oxygens (including phenoxy) is 2. The van der Waals surface area contributed by atoms with Crippen LogP contribution >= 0.6 is 0 Å². The van der Waals surface area contributed by atoms with Crippen LogP contribution in [0.2, 0.25) is 25.7 Å². The van der Waals surface area contributed by atoms with Crippen molar-refractivity contribution in [3.63, 3.8) is 0 Å². The maximum absolute atomic E-state index is 13.4. The van der Waals surface area contributed by atoms with Crippen molar-refractivity contribution >= 4 is 30.8 Å². The summed E-state index contributed by atoms with van der Waals surface area (Å²) in [7, 11) is -1.27. The first-order valence-corrected chi connectivity index (χ1v) is 18.1. The molecule has 0 bridgehead atoms. The number of anilines is 1. The van der Waals surface area contributed by atoms with E-state index in [1.807, 2.05) is 48.9 Å². The van der Waals surface area contributed by atoms with Gasteiger partial charge >= 0.3 is 0 Å². The highest BCUT2D eigenvalue weighted by Crippen LogP contribution is 2.30. The molecule has 0 aliphatic carbocycles. The second kappa shape index (κ2) is 12.1. The fourth-order valence-corrected chi connectivity index (χ4v) is 5.58. The highest BCUT2D eigenvalue weighted by molar-refractivity contribution is 6.76. The molecule has 1 amide bonds. The number of morpholine rings is 1. The maximum Gasteiger partial charge on any atom is 0.268 e. The molecule has 1 saturated heterocycles. The molecular formula is C30H41N7O3Si-. The first-order chi connectivity index (χ1) is 19.6. The van der Waals surface area contributed by atoms with Crippen molar-refractivity contribution in [3.05, 3.63) is 53.9 Å². The molecule has 10 nitrogen and oxygen atoms in total. The summed E-state index contributed by atoms with van der Waals surface area (Å²) in [4.78, 5) is 25.5. The molecular weight excluding hydrogens is 534 g/mol. The Morgan fingerprint density at radius 3 is 2.61 bits per heavy atom. The summed E-state index contributed by atoms with van der Waals surface area (Å²) in [5, 5.41) is 7.85. The average molecular weight is 576 g/mol. The fraction of sp³-hybridized carbons (Fsp3) is 0.467. The molecule has 0 saturated carbocycles. The van der Waals surface area contributed by atoms with E-state index >= 15 is 0 Å². The van der Waals surface area contributed by atoms with E-state index in [2.05, 4.69) is 48.9 Å². The molecule has 219 valence electrons. The minimum Gasteiger partial charge on any atom is -0.378 e. The Labute approximate surface area is 242 Å². The number of carbonyl (C=O) groups excluding carboxylic acids is 1. The number of hydrogen-bond acceptors (Lipinski definition) is 7. The monoisotopic (exact) mass is 575 g/mol. The Balaban J connectivity index is 1.60. The van der Waals surface area contributed by atoms with Gasteiger partial charge in [-0.15, -0.1) is 14.1 Å².